The van der Waals surface area contributed by atoms with Gasteiger partial charge in [0.1, 0.15) is 29.1 Å². The van der Waals surface area contributed by atoms with Gasteiger partial charge in [0.15, 0.2) is 0 Å². The van der Waals surface area contributed by atoms with Crippen LogP contribution in [0.4, 0.5) is 5.82 Å². The van der Waals surface area contributed by atoms with Crippen molar-refractivity contribution in [3.05, 3.63) is 53.6 Å². The largest absolute Gasteiger partial charge is 0.480 e. The number of benzene rings is 2. The quantitative estimate of drug-likeness (QED) is 0.783. The Balaban J connectivity index is 2.39. The summed E-state index contributed by atoms with van der Waals surface area (Å²) in [5, 5.41) is 21.0. The Morgan fingerprint density at radius 2 is 1.70 bits per heavy atom. The third-order valence-corrected chi connectivity index (χ3v) is 3.65. The van der Waals surface area contributed by atoms with E-state index < -0.39 is 0 Å². The molecule has 5 heteroatoms. The van der Waals surface area contributed by atoms with E-state index in [9.17, 15) is 10.5 Å². The molecule has 3 rings (SSSR count). The molecule has 0 bridgehead atoms. The standard InChI is InChI=1S/C18H12N4O/c1-23-18-15(10-20)16(14(9-19)17(21)22-18)13-7-6-11-4-2-3-5-12(11)8-13/h2-8H,1H3,(H2,21,22). The van der Waals surface area contributed by atoms with E-state index >= 15 is 0 Å². The van der Waals surface area contributed by atoms with Crippen molar-refractivity contribution in [2.45, 2.75) is 0 Å². The molecule has 0 atom stereocenters. The number of aromatic nitrogens is 1. The zero-order valence-electron chi connectivity index (χ0n) is 12.4. The first-order valence-corrected chi connectivity index (χ1v) is 6.86. The Morgan fingerprint density at radius 1 is 1.00 bits per heavy atom. The third kappa shape index (κ3) is 2.31. The van der Waals surface area contributed by atoms with Crippen LogP contribution in [0.2, 0.25) is 0 Å². The summed E-state index contributed by atoms with van der Waals surface area (Å²) in [4.78, 5) is 3.99. The highest BCUT2D eigenvalue weighted by Crippen LogP contribution is 2.36. The minimum Gasteiger partial charge on any atom is -0.480 e. The number of nitrogens with zero attached hydrogens (tertiary/aromatic N) is 3. The lowest BCUT2D eigenvalue weighted by atomic mass is 9.94. The monoisotopic (exact) mass is 300 g/mol. The minimum absolute atomic E-state index is 0.0477. The predicted molar refractivity (Wildman–Crippen MR) is 87.6 cm³/mol. The number of fused-ring (bicyclic) bond motifs is 1. The summed E-state index contributed by atoms with van der Waals surface area (Å²) in [5.41, 5.74) is 7.41. The van der Waals surface area contributed by atoms with Gasteiger partial charge in [0.25, 0.3) is 0 Å². The van der Waals surface area contributed by atoms with Gasteiger partial charge in [-0.1, -0.05) is 36.4 Å². The zero-order chi connectivity index (χ0) is 16.4. The fourth-order valence-electron chi connectivity index (χ4n) is 2.58. The number of rotatable bonds is 2. The number of anilines is 1. The maximum Gasteiger partial charge on any atom is 0.234 e. The van der Waals surface area contributed by atoms with Gasteiger partial charge in [-0.05, 0) is 22.4 Å². The predicted octanol–water partition coefficient (Wildman–Crippen LogP) is 3.24. The molecule has 2 N–H and O–H groups in total. The maximum atomic E-state index is 9.50. The molecule has 0 amide bonds. The molecule has 0 radical (unpaired) electrons. The van der Waals surface area contributed by atoms with E-state index in [0.717, 1.165) is 16.3 Å². The first kappa shape index (κ1) is 14.4. The van der Waals surface area contributed by atoms with Crippen LogP contribution >= 0.6 is 0 Å². The van der Waals surface area contributed by atoms with Crippen LogP contribution in [-0.4, -0.2) is 12.1 Å². The number of nitriles is 2. The van der Waals surface area contributed by atoms with Gasteiger partial charge >= 0.3 is 0 Å². The van der Waals surface area contributed by atoms with Crippen molar-refractivity contribution in [3.8, 4) is 29.1 Å². The molecule has 0 aliphatic carbocycles. The fourth-order valence-corrected chi connectivity index (χ4v) is 2.58. The maximum absolute atomic E-state index is 9.50. The molecule has 0 spiro atoms. The number of hydrogen-bond donors (Lipinski definition) is 1. The Kier molecular flexibility index (Phi) is 3.54. The van der Waals surface area contributed by atoms with Crippen LogP contribution in [0.5, 0.6) is 5.88 Å². The number of ether oxygens (including phenoxy) is 1. The summed E-state index contributed by atoms with van der Waals surface area (Å²) >= 11 is 0. The smallest absolute Gasteiger partial charge is 0.234 e. The number of nitrogen functional groups attached to an aromatic ring is 1. The highest BCUT2D eigenvalue weighted by atomic mass is 16.5. The van der Waals surface area contributed by atoms with Crippen molar-refractivity contribution in [1.29, 1.82) is 10.5 Å². The van der Waals surface area contributed by atoms with Crippen molar-refractivity contribution >= 4 is 16.6 Å². The topological polar surface area (TPSA) is 95.7 Å². The number of hydrogen-bond acceptors (Lipinski definition) is 5. The van der Waals surface area contributed by atoms with Crippen molar-refractivity contribution in [3.63, 3.8) is 0 Å². The summed E-state index contributed by atoms with van der Waals surface area (Å²) in [6.45, 7) is 0. The normalized spacial score (nSPS) is 10.0. The highest BCUT2D eigenvalue weighted by Gasteiger charge is 2.20. The molecular formula is C18H12N4O. The van der Waals surface area contributed by atoms with Gasteiger partial charge in [-0.25, -0.2) is 0 Å². The van der Waals surface area contributed by atoms with E-state index in [2.05, 4.69) is 11.1 Å². The summed E-state index contributed by atoms with van der Waals surface area (Å²) in [6, 6.07) is 17.7. The first-order valence-electron chi connectivity index (χ1n) is 6.86. The Labute approximate surface area is 133 Å². The van der Waals surface area contributed by atoms with Crippen molar-refractivity contribution in [2.24, 2.45) is 0 Å². The second kappa shape index (κ2) is 5.67. The van der Waals surface area contributed by atoms with E-state index in [1.54, 1.807) is 0 Å². The molecular weight excluding hydrogens is 288 g/mol. The van der Waals surface area contributed by atoms with E-state index in [-0.39, 0.29) is 22.8 Å². The van der Waals surface area contributed by atoms with E-state index in [1.165, 1.54) is 7.11 Å². The van der Waals surface area contributed by atoms with Gasteiger partial charge in [0.05, 0.1) is 7.11 Å². The number of methoxy groups -OCH3 is 1. The average molecular weight is 300 g/mol. The van der Waals surface area contributed by atoms with Crippen LogP contribution < -0.4 is 10.5 Å². The molecule has 1 aromatic heterocycles. The molecule has 3 aromatic rings. The van der Waals surface area contributed by atoms with Gasteiger partial charge in [-0.2, -0.15) is 15.5 Å². The summed E-state index contributed by atoms with van der Waals surface area (Å²) < 4.78 is 5.14. The molecule has 5 nitrogen and oxygen atoms in total. The Hall–Kier alpha value is -3.57. The lowest BCUT2D eigenvalue weighted by molar-refractivity contribution is 0.397. The van der Waals surface area contributed by atoms with Gasteiger partial charge in [-0.15, -0.1) is 0 Å². The molecule has 110 valence electrons. The highest BCUT2D eigenvalue weighted by molar-refractivity contribution is 5.91. The van der Waals surface area contributed by atoms with E-state index in [0.29, 0.717) is 5.56 Å². The Bertz CT molecular complexity index is 996. The molecule has 23 heavy (non-hydrogen) atoms. The van der Waals surface area contributed by atoms with Crippen molar-refractivity contribution in [2.75, 3.05) is 12.8 Å². The molecule has 0 aliphatic rings. The second-order valence-electron chi connectivity index (χ2n) is 4.92. The SMILES string of the molecule is COc1nc(N)c(C#N)c(-c2ccc3ccccc3c2)c1C#N. The minimum atomic E-state index is 0.0477. The van der Waals surface area contributed by atoms with Crippen molar-refractivity contribution in [1.82, 2.24) is 4.98 Å². The van der Waals surface area contributed by atoms with Gasteiger partial charge < -0.3 is 10.5 Å². The Morgan fingerprint density at radius 3 is 2.35 bits per heavy atom. The lowest BCUT2D eigenvalue weighted by Gasteiger charge is -2.12. The van der Waals surface area contributed by atoms with E-state index in [1.807, 2.05) is 48.5 Å². The van der Waals surface area contributed by atoms with Crippen molar-refractivity contribution < 1.29 is 4.74 Å². The lowest BCUT2D eigenvalue weighted by Crippen LogP contribution is -2.04. The zero-order valence-corrected chi connectivity index (χ0v) is 12.4. The fraction of sp³-hybridized carbons (Fsp3) is 0.0556. The van der Waals surface area contributed by atoms with Gasteiger partial charge in [-0.3, -0.25) is 0 Å². The van der Waals surface area contributed by atoms with Crippen LogP contribution in [-0.2, 0) is 0 Å². The first-order chi connectivity index (χ1) is 11.2. The molecule has 0 saturated heterocycles. The van der Waals surface area contributed by atoms with Gasteiger partial charge in [0, 0.05) is 5.56 Å². The summed E-state index contributed by atoms with van der Waals surface area (Å²) in [7, 11) is 1.42. The van der Waals surface area contributed by atoms with Crippen LogP contribution in [0.25, 0.3) is 21.9 Å². The summed E-state index contributed by atoms with van der Waals surface area (Å²) in [6.07, 6.45) is 0. The van der Waals surface area contributed by atoms with Crippen LogP contribution in [0, 0.1) is 22.7 Å². The van der Waals surface area contributed by atoms with Crippen LogP contribution in [0.15, 0.2) is 42.5 Å². The van der Waals surface area contributed by atoms with E-state index in [4.69, 9.17) is 10.5 Å². The van der Waals surface area contributed by atoms with Crippen LogP contribution in [0.1, 0.15) is 11.1 Å². The number of nitrogens with two attached hydrogens (primary N) is 1. The molecule has 1 heterocycles. The molecule has 0 saturated carbocycles. The molecule has 0 fully saturated rings. The molecule has 0 unspecified atom stereocenters. The summed E-state index contributed by atoms with van der Waals surface area (Å²) in [5.74, 6) is 0.165. The average Bonchev–Trinajstić information content (AvgIpc) is 2.60. The molecule has 0 aliphatic heterocycles. The third-order valence-electron chi connectivity index (χ3n) is 3.65. The van der Waals surface area contributed by atoms with Crippen LogP contribution in [0.3, 0.4) is 0 Å². The number of pyridine rings is 1. The second-order valence-corrected chi connectivity index (χ2v) is 4.92. The molecule has 2 aromatic carbocycles. The van der Waals surface area contributed by atoms with Gasteiger partial charge in [0.2, 0.25) is 5.88 Å².